The van der Waals surface area contributed by atoms with Crippen LogP contribution in [0.2, 0.25) is 5.02 Å². The molecule has 0 amide bonds. The fourth-order valence-corrected chi connectivity index (χ4v) is 2.87. The van der Waals surface area contributed by atoms with Gasteiger partial charge in [-0.05, 0) is 43.2 Å². The first-order chi connectivity index (χ1) is 11.3. The molecule has 3 rings (SSSR count). The fourth-order valence-electron chi connectivity index (χ4n) is 2.46. The zero-order valence-corrected chi connectivity index (χ0v) is 13.6. The molecule has 1 aromatic carbocycles. The number of aromatic nitrogens is 3. The molecular formula is C16H13ClF3N3O. The highest BCUT2D eigenvalue weighted by Crippen LogP contribution is 2.31. The Bertz CT molecular complexity index is 888. The van der Waals surface area contributed by atoms with E-state index in [9.17, 15) is 13.2 Å². The maximum atomic E-state index is 12.2. The number of hydrogen-bond acceptors (Lipinski definition) is 3. The largest absolute Gasteiger partial charge is 0.573 e. The lowest BCUT2D eigenvalue weighted by Crippen LogP contribution is -2.17. The molecule has 0 spiro atoms. The van der Waals surface area contributed by atoms with Crippen LogP contribution in [0.5, 0.6) is 5.75 Å². The van der Waals surface area contributed by atoms with Crippen LogP contribution < -0.4 is 4.74 Å². The SMILES string of the molecule is CCc1cnc2c(c(C)nn2-c2ccc(OC(F)(F)F)cc2)c1Cl. The monoisotopic (exact) mass is 355 g/mol. The van der Waals surface area contributed by atoms with Crippen molar-refractivity contribution >= 4 is 22.6 Å². The van der Waals surface area contributed by atoms with Crippen LogP contribution in [0.3, 0.4) is 0 Å². The number of fused-ring (bicyclic) bond motifs is 1. The van der Waals surface area contributed by atoms with Crippen LogP contribution in [0, 0.1) is 6.92 Å². The van der Waals surface area contributed by atoms with Crippen molar-refractivity contribution in [2.45, 2.75) is 26.6 Å². The molecule has 0 radical (unpaired) electrons. The van der Waals surface area contributed by atoms with Crippen LogP contribution >= 0.6 is 11.6 Å². The minimum Gasteiger partial charge on any atom is -0.406 e. The smallest absolute Gasteiger partial charge is 0.406 e. The molecule has 0 saturated carbocycles. The molecule has 2 aromatic heterocycles. The van der Waals surface area contributed by atoms with Crippen molar-refractivity contribution in [3.63, 3.8) is 0 Å². The van der Waals surface area contributed by atoms with E-state index in [1.54, 1.807) is 10.9 Å². The number of aryl methyl sites for hydroxylation is 2. The molecule has 0 bridgehead atoms. The number of ether oxygens (including phenoxy) is 1. The van der Waals surface area contributed by atoms with Gasteiger partial charge in [0.25, 0.3) is 0 Å². The number of hydrogen-bond donors (Lipinski definition) is 0. The van der Waals surface area contributed by atoms with Gasteiger partial charge in [0.05, 0.1) is 21.8 Å². The summed E-state index contributed by atoms with van der Waals surface area (Å²) in [5.41, 5.74) is 2.74. The molecule has 126 valence electrons. The highest BCUT2D eigenvalue weighted by Gasteiger charge is 2.31. The first-order valence-electron chi connectivity index (χ1n) is 7.19. The number of pyridine rings is 1. The summed E-state index contributed by atoms with van der Waals surface area (Å²) in [6.45, 7) is 3.79. The molecule has 0 saturated heterocycles. The molecule has 0 aliphatic rings. The molecule has 0 N–H and O–H groups in total. The van der Waals surface area contributed by atoms with E-state index < -0.39 is 6.36 Å². The Morgan fingerprint density at radius 1 is 1.21 bits per heavy atom. The molecular weight excluding hydrogens is 343 g/mol. The van der Waals surface area contributed by atoms with Crippen molar-refractivity contribution in [2.24, 2.45) is 0 Å². The maximum Gasteiger partial charge on any atom is 0.573 e. The second-order valence-electron chi connectivity index (χ2n) is 5.19. The molecule has 0 fully saturated rings. The van der Waals surface area contributed by atoms with E-state index in [1.165, 1.54) is 24.3 Å². The van der Waals surface area contributed by atoms with Gasteiger partial charge < -0.3 is 4.74 Å². The van der Waals surface area contributed by atoms with Gasteiger partial charge in [0.15, 0.2) is 5.65 Å². The topological polar surface area (TPSA) is 39.9 Å². The Balaban J connectivity index is 2.05. The van der Waals surface area contributed by atoms with Crippen molar-refractivity contribution in [1.29, 1.82) is 0 Å². The molecule has 0 unspecified atom stereocenters. The lowest BCUT2D eigenvalue weighted by atomic mass is 10.1. The summed E-state index contributed by atoms with van der Waals surface area (Å²) in [6, 6.07) is 5.42. The van der Waals surface area contributed by atoms with Gasteiger partial charge in [0.1, 0.15) is 5.75 Å². The van der Waals surface area contributed by atoms with E-state index in [4.69, 9.17) is 11.6 Å². The van der Waals surface area contributed by atoms with Crippen molar-refractivity contribution in [1.82, 2.24) is 14.8 Å². The van der Waals surface area contributed by atoms with Crippen molar-refractivity contribution in [3.05, 3.63) is 46.7 Å². The second-order valence-corrected chi connectivity index (χ2v) is 5.57. The lowest BCUT2D eigenvalue weighted by Gasteiger charge is -2.09. The fraction of sp³-hybridized carbons (Fsp3) is 0.250. The van der Waals surface area contributed by atoms with E-state index >= 15 is 0 Å². The third-order valence-corrected chi connectivity index (χ3v) is 4.01. The van der Waals surface area contributed by atoms with E-state index in [0.717, 1.165) is 17.4 Å². The summed E-state index contributed by atoms with van der Waals surface area (Å²) in [7, 11) is 0. The van der Waals surface area contributed by atoms with Gasteiger partial charge >= 0.3 is 6.36 Å². The van der Waals surface area contributed by atoms with Gasteiger partial charge in [0.2, 0.25) is 0 Å². The predicted octanol–water partition coefficient (Wildman–Crippen LogP) is 4.84. The Hall–Kier alpha value is -2.28. The van der Waals surface area contributed by atoms with Crippen molar-refractivity contribution in [2.75, 3.05) is 0 Å². The third-order valence-electron chi connectivity index (χ3n) is 3.58. The highest BCUT2D eigenvalue weighted by atomic mass is 35.5. The standard InChI is InChI=1S/C16H13ClF3N3O/c1-3-10-8-21-15-13(14(10)17)9(2)22-23(15)11-4-6-12(7-5-11)24-16(18,19)20/h4-8H,3H2,1-2H3. The second kappa shape index (κ2) is 5.98. The van der Waals surface area contributed by atoms with Crippen LogP contribution in [-0.2, 0) is 6.42 Å². The van der Waals surface area contributed by atoms with Gasteiger partial charge in [-0.2, -0.15) is 5.10 Å². The summed E-state index contributed by atoms with van der Waals surface area (Å²) in [4.78, 5) is 4.40. The summed E-state index contributed by atoms with van der Waals surface area (Å²) >= 11 is 6.41. The summed E-state index contributed by atoms with van der Waals surface area (Å²) < 4.78 is 42.1. The summed E-state index contributed by atoms with van der Waals surface area (Å²) in [6.07, 6.45) is -2.29. The Morgan fingerprint density at radius 2 is 1.88 bits per heavy atom. The first-order valence-corrected chi connectivity index (χ1v) is 7.57. The molecule has 0 aliphatic carbocycles. The normalized spacial score (nSPS) is 11.9. The molecule has 0 atom stereocenters. The van der Waals surface area contributed by atoms with Gasteiger partial charge in [-0.3, -0.25) is 0 Å². The average molecular weight is 356 g/mol. The van der Waals surface area contributed by atoms with E-state index in [-0.39, 0.29) is 5.75 Å². The van der Waals surface area contributed by atoms with Gasteiger partial charge in [-0.15, -0.1) is 13.2 Å². The Kier molecular flexibility index (Phi) is 4.13. The number of alkyl halides is 3. The van der Waals surface area contributed by atoms with Crippen LogP contribution in [0.15, 0.2) is 30.5 Å². The highest BCUT2D eigenvalue weighted by molar-refractivity contribution is 6.36. The van der Waals surface area contributed by atoms with E-state index in [2.05, 4.69) is 14.8 Å². The molecule has 24 heavy (non-hydrogen) atoms. The zero-order chi connectivity index (χ0) is 17.5. The minimum absolute atomic E-state index is 0.293. The first kappa shape index (κ1) is 16.6. The van der Waals surface area contributed by atoms with Crippen LogP contribution in [0.1, 0.15) is 18.2 Å². The number of benzene rings is 1. The molecule has 3 aromatic rings. The van der Waals surface area contributed by atoms with Gasteiger partial charge in [-0.25, -0.2) is 9.67 Å². The summed E-state index contributed by atoms with van der Waals surface area (Å²) in [5.74, 6) is -0.293. The summed E-state index contributed by atoms with van der Waals surface area (Å²) in [5, 5.41) is 5.75. The Morgan fingerprint density at radius 3 is 2.46 bits per heavy atom. The zero-order valence-electron chi connectivity index (χ0n) is 12.9. The molecule has 4 nitrogen and oxygen atoms in total. The minimum atomic E-state index is -4.72. The predicted molar refractivity (Wildman–Crippen MR) is 84.7 cm³/mol. The molecule has 0 aliphatic heterocycles. The van der Waals surface area contributed by atoms with Crippen LogP contribution in [0.4, 0.5) is 13.2 Å². The number of nitrogens with zero attached hydrogens (tertiary/aromatic N) is 3. The average Bonchev–Trinajstić information content (AvgIpc) is 2.85. The van der Waals surface area contributed by atoms with Gasteiger partial charge in [0, 0.05) is 6.20 Å². The molecule has 8 heteroatoms. The third kappa shape index (κ3) is 3.03. The van der Waals surface area contributed by atoms with E-state index in [0.29, 0.717) is 22.1 Å². The van der Waals surface area contributed by atoms with Crippen molar-refractivity contribution < 1.29 is 17.9 Å². The number of halogens is 4. The maximum absolute atomic E-state index is 12.2. The van der Waals surface area contributed by atoms with Gasteiger partial charge in [-0.1, -0.05) is 18.5 Å². The van der Waals surface area contributed by atoms with E-state index in [1.807, 2.05) is 13.8 Å². The Labute approximate surface area is 140 Å². The van der Waals surface area contributed by atoms with Crippen LogP contribution in [-0.4, -0.2) is 21.1 Å². The molecule has 2 heterocycles. The van der Waals surface area contributed by atoms with Crippen LogP contribution in [0.25, 0.3) is 16.7 Å². The number of rotatable bonds is 3. The lowest BCUT2D eigenvalue weighted by molar-refractivity contribution is -0.274. The van der Waals surface area contributed by atoms with Crippen molar-refractivity contribution in [3.8, 4) is 11.4 Å². The quantitative estimate of drug-likeness (QED) is 0.674.